The van der Waals surface area contributed by atoms with Crippen LogP contribution in [0.15, 0.2) is 48.5 Å². The summed E-state index contributed by atoms with van der Waals surface area (Å²) in [7, 11) is 1.84. The van der Waals surface area contributed by atoms with Crippen molar-refractivity contribution in [3.8, 4) is 0 Å². The monoisotopic (exact) mass is 280 g/mol. The summed E-state index contributed by atoms with van der Waals surface area (Å²) in [5.41, 5.74) is 1.73. The van der Waals surface area contributed by atoms with E-state index in [0.717, 1.165) is 22.2 Å². The number of nitrogens with one attached hydrogen (secondary N) is 2. The van der Waals surface area contributed by atoms with E-state index in [1.165, 1.54) is 0 Å². The van der Waals surface area contributed by atoms with Gasteiger partial charge in [0.1, 0.15) is 0 Å². The number of hydrogen-bond donors (Lipinski definition) is 2. The molecule has 21 heavy (non-hydrogen) atoms. The van der Waals surface area contributed by atoms with Gasteiger partial charge in [-0.3, -0.25) is 10.00 Å². The van der Waals surface area contributed by atoms with Gasteiger partial charge in [0.25, 0.3) is 0 Å². The number of carbonyl (C=O) groups excluding carboxylic acids is 1. The number of amides is 2. The molecule has 0 aliphatic carbocycles. The Kier molecular flexibility index (Phi) is 3.31. The van der Waals surface area contributed by atoms with Crippen molar-refractivity contribution in [3.05, 3.63) is 54.2 Å². The first kappa shape index (κ1) is 13.2. The molecule has 0 aliphatic rings. The molecule has 2 N–H and O–H groups in total. The van der Waals surface area contributed by atoms with Gasteiger partial charge in [0.15, 0.2) is 5.82 Å². The van der Waals surface area contributed by atoms with E-state index in [-0.39, 0.29) is 6.03 Å². The molecule has 3 rings (SSSR count). The molecule has 0 radical (unpaired) electrons. The summed E-state index contributed by atoms with van der Waals surface area (Å²) in [5, 5.41) is 11.9. The zero-order valence-electron chi connectivity index (χ0n) is 11.9. The molecule has 0 atom stereocenters. The molecule has 0 saturated heterocycles. The summed E-state index contributed by atoms with van der Waals surface area (Å²) in [6.07, 6.45) is 0. The van der Waals surface area contributed by atoms with Crippen LogP contribution in [-0.4, -0.2) is 15.8 Å². The number of rotatable bonds is 2. The summed E-state index contributed by atoms with van der Waals surface area (Å²) in [6.45, 7) is 1.93. The average molecular weight is 280 g/mol. The van der Waals surface area contributed by atoms with E-state index in [9.17, 15) is 4.79 Å². The summed E-state index contributed by atoms with van der Waals surface area (Å²) in [4.78, 5) is 12.0. The van der Waals surface area contributed by atoms with Crippen molar-refractivity contribution in [2.45, 2.75) is 6.92 Å². The Morgan fingerprint density at radius 3 is 2.52 bits per heavy atom. The molecule has 5 nitrogen and oxygen atoms in total. The Bertz CT molecular complexity index is 787. The van der Waals surface area contributed by atoms with Gasteiger partial charge in [-0.15, -0.1) is 0 Å². The fraction of sp³-hybridized carbons (Fsp3) is 0.125. The first-order valence-electron chi connectivity index (χ1n) is 6.69. The molecule has 0 spiro atoms. The second kappa shape index (κ2) is 5.28. The van der Waals surface area contributed by atoms with Crippen LogP contribution in [0.1, 0.15) is 5.69 Å². The Morgan fingerprint density at radius 2 is 1.81 bits per heavy atom. The zero-order valence-corrected chi connectivity index (χ0v) is 11.9. The summed E-state index contributed by atoms with van der Waals surface area (Å²) in [5.74, 6) is 0.535. The minimum Gasteiger partial charge on any atom is -0.308 e. The van der Waals surface area contributed by atoms with Gasteiger partial charge in [-0.25, -0.2) is 4.79 Å². The zero-order chi connectivity index (χ0) is 14.8. The lowest BCUT2D eigenvalue weighted by molar-refractivity contribution is 0.262. The van der Waals surface area contributed by atoms with Gasteiger partial charge in [-0.2, -0.15) is 5.10 Å². The molecule has 0 fully saturated rings. The molecular weight excluding hydrogens is 264 g/mol. The quantitative estimate of drug-likeness (QED) is 0.754. The fourth-order valence-corrected chi connectivity index (χ4v) is 2.17. The van der Waals surface area contributed by atoms with Crippen LogP contribution in [0.2, 0.25) is 0 Å². The maximum absolute atomic E-state index is 12.0. The van der Waals surface area contributed by atoms with Crippen LogP contribution in [-0.2, 0) is 7.05 Å². The standard InChI is InChI=1S/C16H16N4O/c1-11-9-15(19-20(11)2)18-16(21)17-14-8-7-12-5-3-4-6-13(12)10-14/h3-10H,1-2H3,(H2,17,18,19,21). The number of fused-ring (bicyclic) bond motifs is 1. The summed E-state index contributed by atoms with van der Waals surface area (Å²) >= 11 is 0. The van der Waals surface area contributed by atoms with E-state index in [1.54, 1.807) is 4.68 Å². The lowest BCUT2D eigenvalue weighted by Crippen LogP contribution is -2.19. The van der Waals surface area contributed by atoms with Gasteiger partial charge in [-0.05, 0) is 29.8 Å². The number of benzene rings is 2. The molecular formula is C16H16N4O. The predicted octanol–water partition coefficient (Wildman–Crippen LogP) is 3.53. The van der Waals surface area contributed by atoms with Crippen LogP contribution >= 0.6 is 0 Å². The van der Waals surface area contributed by atoms with Crippen LogP contribution < -0.4 is 10.6 Å². The van der Waals surface area contributed by atoms with E-state index >= 15 is 0 Å². The Hall–Kier alpha value is -2.82. The second-order valence-electron chi connectivity index (χ2n) is 4.94. The highest BCUT2D eigenvalue weighted by atomic mass is 16.2. The van der Waals surface area contributed by atoms with Crippen molar-refractivity contribution >= 4 is 28.3 Å². The Morgan fingerprint density at radius 1 is 1.05 bits per heavy atom. The molecule has 3 aromatic rings. The Labute approximate surface area is 122 Å². The molecule has 106 valence electrons. The SMILES string of the molecule is Cc1cc(NC(=O)Nc2ccc3ccccc3c2)nn1C. The fourth-order valence-electron chi connectivity index (χ4n) is 2.17. The number of anilines is 2. The van der Waals surface area contributed by atoms with Crippen LogP contribution in [0.4, 0.5) is 16.3 Å². The summed E-state index contributed by atoms with van der Waals surface area (Å²) in [6, 6.07) is 15.3. The minimum atomic E-state index is -0.302. The first-order chi connectivity index (χ1) is 10.1. The highest BCUT2D eigenvalue weighted by Crippen LogP contribution is 2.19. The van der Waals surface area contributed by atoms with Crippen molar-refractivity contribution < 1.29 is 4.79 Å². The molecule has 0 aliphatic heterocycles. The number of urea groups is 1. The number of nitrogens with zero attached hydrogens (tertiary/aromatic N) is 2. The highest BCUT2D eigenvalue weighted by molar-refractivity contribution is 6.00. The van der Waals surface area contributed by atoms with Gasteiger partial charge in [-0.1, -0.05) is 30.3 Å². The van der Waals surface area contributed by atoms with E-state index in [0.29, 0.717) is 5.82 Å². The minimum absolute atomic E-state index is 0.302. The molecule has 1 aromatic heterocycles. The van der Waals surface area contributed by atoms with Crippen molar-refractivity contribution in [1.82, 2.24) is 9.78 Å². The van der Waals surface area contributed by atoms with Gasteiger partial charge >= 0.3 is 6.03 Å². The number of aryl methyl sites for hydroxylation is 2. The molecule has 1 heterocycles. The smallest absolute Gasteiger partial charge is 0.308 e. The average Bonchev–Trinajstić information content (AvgIpc) is 2.77. The van der Waals surface area contributed by atoms with Crippen molar-refractivity contribution in [2.24, 2.45) is 7.05 Å². The largest absolute Gasteiger partial charge is 0.324 e. The van der Waals surface area contributed by atoms with E-state index in [2.05, 4.69) is 15.7 Å². The third-order valence-electron chi connectivity index (χ3n) is 3.36. The maximum Gasteiger partial charge on any atom is 0.324 e. The second-order valence-corrected chi connectivity index (χ2v) is 4.94. The van der Waals surface area contributed by atoms with Crippen LogP contribution in [0.3, 0.4) is 0 Å². The number of hydrogen-bond acceptors (Lipinski definition) is 2. The van der Waals surface area contributed by atoms with Crippen molar-refractivity contribution in [2.75, 3.05) is 10.6 Å². The lowest BCUT2D eigenvalue weighted by atomic mass is 10.1. The normalized spacial score (nSPS) is 10.6. The molecule has 2 amide bonds. The molecule has 0 unspecified atom stereocenters. The Balaban J connectivity index is 1.73. The first-order valence-corrected chi connectivity index (χ1v) is 6.69. The van der Waals surface area contributed by atoms with E-state index in [4.69, 9.17) is 0 Å². The molecule has 2 aromatic carbocycles. The van der Waals surface area contributed by atoms with Gasteiger partial charge in [0.2, 0.25) is 0 Å². The van der Waals surface area contributed by atoms with Gasteiger partial charge < -0.3 is 5.32 Å². The number of carbonyl (C=O) groups is 1. The topological polar surface area (TPSA) is 59.0 Å². The molecule has 0 saturated carbocycles. The van der Waals surface area contributed by atoms with Crippen LogP contribution in [0, 0.1) is 6.92 Å². The maximum atomic E-state index is 12.0. The summed E-state index contributed by atoms with van der Waals surface area (Å²) < 4.78 is 1.71. The van der Waals surface area contributed by atoms with Crippen molar-refractivity contribution in [1.29, 1.82) is 0 Å². The number of aromatic nitrogens is 2. The van der Waals surface area contributed by atoms with E-state index < -0.39 is 0 Å². The third-order valence-corrected chi connectivity index (χ3v) is 3.36. The molecule has 0 bridgehead atoms. The van der Waals surface area contributed by atoms with Gasteiger partial charge in [0, 0.05) is 24.5 Å². The third kappa shape index (κ3) is 2.86. The van der Waals surface area contributed by atoms with E-state index in [1.807, 2.05) is 62.5 Å². The van der Waals surface area contributed by atoms with Gasteiger partial charge in [0.05, 0.1) is 0 Å². The van der Waals surface area contributed by atoms with Crippen LogP contribution in [0.5, 0.6) is 0 Å². The highest BCUT2D eigenvalue weighted by Gasteiger charge is 2.06. The lowest BCUT2D eigenvalue weighted by Gasteiger charge is -2.06. The van der Waals surface area contributed by atoms with Crippen molar-refractivity contribution in [3.63, 3.8) is 0 Å². The van der Waals surface area contributed by atoms with Crippen LogP contribution in [0.25, 0.3) is 10.8 Å². The molecule has 5 heteroatoms. The predicted molar refractivity (Wildman–Crippen MR) is 84.5 cm³/mol.